The molecule has 6 heteroatoms. The molecule has 1 aliphatic carbocycles. The molecule has 1 N–H and O–H groups in total. The number of benzene rings is 2. The van der Waals surface area contributed by atoms with E-state index in [1.54, 1.807) is 13.8 Å². The highest BCUT2D eigenvalue weighted by molar-refractivity contribution is 5.71. The molecular formula is C29H33N3O3. The molecule has 0 spiro atoms. The predicted octanol–water partition coefficient (Wildman–Crippen LogP) is 5.80. The minimum atomic E-state index is -0.969. The van der Waals surface area contributed by atoms with E-state index >= 15 is 0 Å². The number of nitrogens with zero attached hydrogens (tertiary/aromatic N) is 3. The van der Waals surface area contributed by atoms with Crippen LogP contribution in [0.25, 0.3) is 11.1 Å². The molecule has 1 aromatic heterocycles. The molecule has 1 saturated heterocycles. The van der Waals surface area contributed by atoms with Crippen LogP contribution in [-0.2, 0) is 10.3 Å². The van der Waals surface area contributed by atoms with Gasteiger partial charge in [0, 0.05) is 37.3 Å². The van der Waals surface area contributed by atoms with Gasteiger partial charge in [-0.05, 0) is 56.2 Å². The summed E-state index contributed by atoms with van der Waals surface area (Å²) >= 11 is 0. The molecule has 5 rings (SSSR count). The van der Waals surface area contributed by atoms with Crippen molar-refractivity contribution in [1.29, 1.82) is 0 Å². The highest BCUT2D eigenvalue weighted by Gasteiger charge is 2.49. The fourth-order valence-corrected chi connectivity index (χ4v) is 5.33. The van der Waals surface area contributed by atoms with E-state index in [9.17, 15) is 9.90 Å². The van der Waals surface area contributed by atoms with Gasteiger partial charge in [0.2, 0.25) is 0 Å². The van der Waals surface area contributed by atoms with Crippen molar-refractivity contribution in [1.82, 2.24) is 14.9 Å². The van der Waals surface area contributed by atoms with Crippen molar-refractivity contribution in [3.05, 3.63) is 83.9 Å². The number of aryl methyl sites for hydroxylation is 1. The summed E-state index contributed by atoms with van der Waals surface area (Å²) in [4.78, 5) is 24.0. The van der Waals surface area contributed by atoms with Gasteiger partial charge in [-0.2, -0.15) is 0 Å². The highest BCUT2D eigenvalue weighted by Crippen LogP contribution is 2.48. The first-order valence-corrected chi connectivity index (χ1v) is 12.4. The zero-order valence-electron chi connectivity index (χ0n) is 20.6. The van der Waals surface area contributed by atoms with Crippen molar-refractivity contribution >= 4 is 6.09 Å². The second kappa shape index (κ2) is 9.08. The van der Waals surface area contributed by atoms with Crippen LogP contribution in [0.15, 0.2) is 67.0 Å². The Morgan fingerprint density at radius 3 is 2.29 bits per heavy atom. The first-order chi connectivity index (χ1) is 16.7. The van der Waals surface area contributed by atoms with E-state index in [2.05, 4.69) is 34.2 Å². The third kappa shape index (κ3) is 5.08. The molecule has 2 fully saturated rings. The number of cyclic esters (lactones) is 1. The van der Waals surface area contributed by atoms with E-state index in [1.165, 1.54) is 0 Å². The average Bonchev–Trinajstić information content (AvgIpc) is 3.67. The summed E-state index contributed by atoms with van der Waals surface area (Å²) < 4.78 is 6.24. The van der Waals surface area contributed by atoms with E-state index in [4.69, 9.17) is 4.74 Å². The van der Waals surface area contributed by atoms with E-state index in [0.717, 1.165) is 40.9 Å². The largest absolute Gasteiger partial charge is 0.438 e. The number of aliphatic hydroxyl groups is 1. The summed E-state index contributed by atoms with van der Waals surface area (Å²) in [7, 11) is 0. The Bertz CT molecular complexity index is 1170. The van der Waals surface area contributed by atoms with E-state index in [-0.39, 0.29) is 12.1 Å². The van der Waals surface area contributed by atoms with Gasteiger partial charge < -0.3 is 14.7 Å². The van der Waals surface area contributed by atoms with Crippen molar-refractivity contribution in [3.63, 3.8) is 0 Å². The van der Waals surface area contributed by atoms with Crippen LogP contribution in [0.1, 0.15) is 62.5 Å². The van der Waals surface area contributed by atoms with Gasteiger partial charge >= 0.3 is 6.09 Å². The summed E-state index contributed by atoms with van der Waals surface area (Å²) in [6, 6.07) is 18.2. The Balaban J connectivity index is 1.40. The number of rotatable bonds is 7. The van der Waals surface area contributed by atoms with Gasteiger partial charge in [0.05, 0.1) is 11.6 Å². The van der Waals surface area contributed by atoms with Crippen molar-refractivity contribution in [2.24, 2.45) is 5.92 Å². The molecule has 2 heterocycles. The second-order valence-electron chi connectivity index (χ2n) is 10.6. The molecule has 182 valence electrons. The fraction of sp³-hybridized carbons (Fsp3) is 0.414. The van der Waals surface area contributed by atoms with E-state index in [0.29, 0.717) is 25.3 Å². The first kappa shape index (κ1) is 23.5. The smallest absolute Gasteiger partial charge is 0.411 e. The van der Waals surface area contributed by atoms with Crippen molar-refractivity contribution in [2.75, 3.05) is 6.54 Å². The van der Waals surface area contributed by atoms with Gasteiger partial charge in [-0.15, -0.1) is 0 Å². The van der Waals surface area contributed by atoms with Crippen LogP contribution in [0.5, 0.6) is 0 Å². The van der Waals surface area contributed by atoms with E-state index < -0.39 is 11.2 Å². The molecular weight excluding hydrogens is 438 g/mol. The summed E-state index contributed by atoms with van der Waals surface area (Å²) in [6.45, 7) is 5.99. The lowest BCUT2D eigenvalue weighted by Crippen LogP contribution is -2.51. The van der Waals surface area contributed by atoms with Gasteiger partial charge in [0.1, 0.15) is 11.4 Å². The Morgan fingerprint density at radius 1 is 1.06 bits per heavy atom. The topological polar surface area (TPSA) is 75.6 Å². The zero-order chi connectivity index (χ0) is 24.6. The van der Waals surface area contributed by atoms with Crippen LogP contribution in [0.2, 0.25) is 0 Å². The Labute approximate surface area is 207 Å². The second-order valence-corrected chi connectivity index (χ2v) is 10.6. The third-order valence-corrected chi connectivity index (χ3v) is 7.06. The highest BCUT2D eigenvalue weighted by atomic mass is 16.6. The normalized spacial score (nSPS) is 21.5. The van der Waals surface area contributed by atoms with Gasteiger partial charge in [0.25, 0.3) is 0 Å². The van der Waals surface area contributed by atoms with Gasteiger partial charge in [0.15, 0.2) is 0 Å². The van der Waals surface area contributed by atoms with Crippen LogP contribution in [0.3, 0.4) is 0 Å². The quantitative estimate of drug-likeness (QED) is 0.471. The number of carbonyl (C=O) groups is 1. The Hall–Kier alpha value is -3.25. The van der Waals surface area contributed by atoms with Crippen LogP contribution < -0.4 is 0 Å². The lowest BCUT2D eigenvalue weighted by atomic mass is 9.80. The molecule has 35 heavy (non-hydrogen) atoms. The maximum atomic E-state index is 13.5. The summed E-state index contributed by atoms with van der Waals surface area (Å²) in [5.74, 6) is 1.19. The molecule has 1 aliphatic heterocycles. The number of amides is 1. The van der Waals surface area contributed by atoms with Crippen molar-refractivity contribution in [3.8, 4) is 11.1 Å². The summed E-state index contributed by atoms with van der Waals surface area (Å²) in [5, 5.41) is 10.7. The monoisotopic (exact) mass is 471 g/mol. The molecule has 2 aliphatic rings. The maximum Gasteiger partial charge on any atom is 0.411 e. The van der Waals surface area contributed by atoms with Crippen LogP contribution >= 0.6 is 0 Å². The van der Waals surface area contributed by atoms with Gasteiger partial charge in [-0.3, -0.25) is 0 Å². The molecule has 2 aromatic carbocycles. The number of hydrogen-bond donors (Lipinski definition) is 1. The summed E-state index contributed by atoms with van der Waals surface area (Å²) in [5.41, 5.74) is 2.28. The Morgan fingerprint density at radius 2 is 1.71 bits per heavy atom. The van der Waals surface area contributed by atoms with Crippen molar-refractivity contribution in [2.45, 2.75) is 63.7 Å². The minimum absolute atomic E-state index is 0.0123. The standard InChI is InChI=1S/C29H33N3O3/c1-20-30-17-24(18-31-20)21-9-11-22(12-10-21)26(23-13-14-23)32-16-15-29(35-27(32)33,19-28(2,3)34)25-7-5-4-6-8-25/h4-12,17-18,23,26,34H,13-16,19H2,1-3H3/t26?,29-/m0/s1. The number of carbonyl (C=O) groups excluding carboxylic acids is 1. The number of hydrogen-bond acceptors (Lipinski definition) is 5. The van der Waals surface area contributed by atoms with E-state index in [1.807, 2.05) is 54.5 Å². The molecule has 1 unspecified atom stereocenters. The average molecular weight is 472 g/mol. The van der Waals surface area contributed by atoms with Crippen LogP contribution in [0.4, 0.5) is 4.79 Å². The van der Waals surface area contributed by atoms with Crippen LogP contribution in [-0.4, -0.2) is 38.2 Å². The summed E-state index contributed by atoms with van der Waals surface area (Å²) in [6.07, 6.45) is 6.56. The molecule has 0 bridgehead atoms. The zero-order valence-corrected chi connectivity index (χ0v) is 20.6. The van der Waals surface area contributed by atoms with Gasteiger partial charge in [-0.25, -0.2) is 14.8 Å². The fourth-order valence-electron chi connectivity index (χ4n) is 5.33. The maximum absolute atomic E-state index is 13.5. The molecule has 3 aromatic rings. The third-order valence-electron chi connectivity index (χ3n) is 7.06. The molecule has 1 saturated carbocycles. The van der Waals surface area contributed by atoms with Crippen molar-refractivity contribution < 1.29 is 14.6 Å². The lowest BCUT2D eigenvalue weighted by molar-refractivity contribution is -0.103. The SMILES string of the molecule is Cc1ncc(-c2ccc(C(C3CC3)N3CC[C@](CC(C)(C)O)(c4ccccc4)OC3=O)cc2)cn1. The molecule has 2 atom stereocenters. The molecule has 1 amide bonds. The minimum Gasteiger partial charge on any atom is -0.438 e. The molecule has 0 radical (unpaired) electrons. The number of ether oxygens (including phenoxy) is 1. The Kier molecular flexibility index (Phi) is 6.09. The molecule has 6 nitrogen and oxygen atoms in total. The number of aromatic nitrogens is 2. The predicted molar refractivity (Wildman–Crippen MR) is 135 cm³/mol. The van der Waals surface area contributed by atoms with Gasteiger partial charge in [-0.1, -0.05) is 54.6 Å². The van der Waals surface area contributed by atoms with Crippen LogP contribution in [0, 0.1) is 12.8 Å². The lowest BCUT2D eigenvalue weighted by Gasteiger charge is -2.46. The first-order valence-electron chi connectivity index (χ1n) is 12.4.